The van der Waals surface area contributed by atoms with Crippen molar-refractivity contribution >= 4 is 34.7 Å². The maximum atomic E-state index is 11.8. The van der Waals surface area contributed by atoms with E-state index in [1.807, 2.05) is 24.8 Å². The number of carbonyl (C=O) groups excluding carboxylic acids is 1. The molecule has 0 spiro atoms. The topological polar surface area (TPSA) is 81.4 Å². The van der Waals surface area contributed by atoms with Crippen LogP contribution in [0.15, 0.2) is 29.0 Å². The summed E-state index contributed by atoms with van der Waals surface area (Å²) in [6, 6.07) is 3.64. The third kappa shape index (κ3) is 2.83. The van der Waals surface area contributed by atoms with Gasteiger partial charge in [0.15, 0.2) is 6.29 Å². The average molecular weight is 373 g/mol. The molecule has 1 aliphatic heterocycles. The first-order valence-corrected chi connectivity index (χ1v) is 8.71. The van der Waals surface area contributed by atoms with Crippen LogP contribution >= 0.6 is 11.6 Å². The zero-order valence-corrected chi connectivity index (χ0v) is 15.1. The van der Waals surface area contributed by atoms with Crippen LogP contribution in [0.1, 0.15) is 24.3 Å². The predicted molar refractivity (Wildman–Crippen MR) is 97.7 cm³/mol. The van der Waals surface area contributed by atoms with E-state index in [1.54, 1.807) is 18.5 Å². The Labute approximate surface area is 154 Å². The summed E-state index contributed by atoms with van der Waals surface area (Å²) in [6.07, 6.45) is 4.08. The van der Waals surface area contributed by atoms with Gasteiger partial charge in [-0.05, 0) is 26.0 Å². The van der Waals surface area contributed by atoms with Gasteiger partial charge in [0, 0.05) is 31.0 Å². The minimum absolute atomic E-state index is 0.0192. The van der Waals surface area contributed by atoms with Crippen molar-refractivity contribution in [1.82, 2.24) is 15.1 Å². The highest BCUT2D eigenvalue weighted by molar-refractivity contribution is 6.38. The van der Waals surface area contributed by atoms with Crippen LogP contribution in [0.2, 0.25) is 5.02 Å². The fourth-order valence-corrected chi connectivity index (χ4v) is 3.70. The maximum Gasteiger partial charge on any atom is 0.206 e. The van der Waals surface area contributed by atoms with Gasteiger partial charge in [0.25, 0.3) is 0 Å². The number of carbonyl (C=O) groups is 1. The van der Waals surface area contributed by atoms with Crippen molar-refractivity contribution in [3.8, 4) is 11.3 Å². The van der Waals surface area contributed by atoms with Gasteiger partial charge in [0.05, 0.1) is 17.9 Å². The lowest BCUT2D eigenvalue weighted by atomic mass is 10.1. The fourth-order valence-electron chi connectivity index (χ4n) is 3.36. The SMILES string of the molecule is CC1CN(c2c(C=O)nc3c(-c4cccnc4)noc3c2Cl)CC(C)O1. The number of aldehydes is 1. The molecule has 26 heavy (non-hydrogen) atoms. The fraction of sp³-hybridized carbons (Fsp3) is 0.333. The number of anilines is 1. The second-order valence-corrected chi connectivity index (χ2v) is 6.77. The van der Waals surface area contributed by atoms with Gasteiger partial charge in [0.2, 0.25) is 5.58 Å². The minimum atomic E-state index is 0.0192. The van der Waals surface area contributed by atoms with Crippen LogP contribution < -0.4 is 4.90 Å². The van der Waals surface area contributed by atoms with E-state index in [1.165, 1.54) is 0 Å². The normalized spacial score (nSPS) is 20.5. The molecule has 2 atom stereocenters. The quantitative estimate of drug-likeness (QED) is 0.652. The van der Waals surface area contributed by atoms with Gasteiger partial charge in [-0.2, -0.15) is 0 Å². The summed E-state index contributed by atoms with van der Waals surface area (Å²) in [5.74, 6) is 0. The van der Waals surface area contributed by atoms with Crippen molar-refractivity contribution in [3.05, 3.63) is 35.2 Å². The summed E-state index contributed by atoms with van der Waals surface area (Å²) in [4.78, 5) is 22.4. The summed E-state index contributed by atoms with van der Waals surface area (Å²) in [6.45, 7) is 5.19. The smallest absolute Gasteiger partial charge is 0.206 e. The van der Waals surface area contributed by atoms with Gasteiger partial charge < -0.3 is 14.2 Å². The van der Waals surface area contributed by atoms with Gasteiger partial charge in [-0.3, -0.25) is 9.78 Å². The molecular weight excluding hydrogens is 356 g/mol. The largest absolute Gasteiger partial charge is 0.372 e. The Kier molecular flexibility index (Phi) is 4.34. The second kappa shape index (κ2) is 6.66. The summed E-state index contributed by atoms with van der Waals surface area (Å²) < 4.78 is 11.2. The molecule has 0 aliphatic carbocycles. The molecule has 0 N–H and O–H groups in total. The minimum Gasteiger partial charge on any atom is -0.372 e. The molecular formula is C18H17ClN4O3. The lowest BCUT2D eigenvalue weighted by Gasteiger charge is -2.37. The van der Waals surface area contributed by atoms with Crippen molar-refractivity contribution < 1.29 is 14.1 Å². The molecule has 134 valence electrons. The van der Waals surface area contributed by atoms with Crippen LogP contribution in [0.25, 0.3) is 22.4 Å². The van der Waals surface area contributed by atoms with Gasteiger partial charge in [-0.1, -0.05) is 16.8 Å². The third-order valence-electron chi connectivity index (χ3n) is 4.33. The van der Waals surface area contributed by atoms with E-state index in [0.717, 1.165) is 5.56 Å². The second-order valence-electron chi connectivity index (χ2n) is 6.39. The third-order valence-corrected chi connectivity index (χ3v) is 4.68. The van der Waals surface area contributed by atoms with Gasteiger partial charge in [-0.15, -0.1) is 0 Å². The molecule has 0 aromatic carbocycles. The Morgan fingerprint density at radius 1 is 1.31 bits per heavy atom. The van der Waals surface area contributed by atoms with Crippen LogP contribution in [-0.4, -0.2) is 46.7 Å². The molecule has 1 aliphatic rings. The molecule has 0 bridgehead atoms. The van der Waals surface area contributed by atoms with Crippen molar-refractivity contribution in [2.75, 3.05) is 18.0 Å². The summed E-state index contributed by atoms with van der Waals surface area (Å²) in [5, 5.41) is 4.43. The van der Waals surface area contributed by atoms with Crippen LogP contribution in [0.5, 0.6) is 0 Å². The van der Waals surface area contributed by atoms with Crippen molar-refractivity contribution in [2.24, 2.45) is 0 Å². The van der Waals surface area contributed by atoms with E-state index in [0.29, 0.717) is 46.9 Å². The van der Waals surface area contributed by atoms with Crippen molar-refractivity contribution in [2.45, 2.75) is 26.1 Å². The standard InChI is InChI=1S/C18H17ClN4O3/c1-10-7-23(8-11(2)25-10)17-13(9-24)21-16-15(12-4-3-5-20-6-12)22-26-18(16)14(17)19/h3-6,9-11H,7-8H2,1-2H3. The monoisotopic (exact) mass is 372 g/mol. The highest BCUT2D eigenvalue weighted by Gasteiger charge is 2.29. The first kappa shape index (κ1) is 16.9. The van der Waals surface area contributed by atoms with Gasteiger partial charge >= 0.3 is 0 Å². The molecule has 4 rings (SSSR count). The Morgan fingerprint density at radius 3 is 2.73 bits per heavy atom. The molecule has 0 radical (unpaired) electrons. The van der Waals surface area contributed by atoms with Crippen LogP contribution in [-0.2, 0) is 4.74 Å². The number of hydrogen-bond donors (Lipinski definition) is 0. The van der Waals surface area contributed by atoms with E-state index in [2.05, 4.69) is 15.1 Å². The molecule has 4 heterocycles. The summed E-state index contributed by atoms with van der Waals surface area (Å²) in [5.41, 5.74) is 2.88. The number of rotatable bonds is 3. The van der Waals surface area contributed by atoms with E-state index < -0.39 is 0 Å². The molecule has 3 aromatic heterocycles. The first-order valence-electron chi connectivity index (χ1n) is 8.33. The number of aromatic nitrogens is 3. The van der Waals surface area contributed by atoms with E-state index >= 15 is 0 Å². The number of nitrogens with zero attached hydrogens (tertiary/aromatic N) is 4. The lowest BCUT2D eigenvalue weighted by molar-refractivity contribution is -0.00526. The van der Waals surface area contributed by atoms with E-state index in [4.69, 9.17) is 20.9 Å². The Morgan fingerprint density at radius 2 is 2.08 bits per heavy atom. The molecule has 1 saturated heterocycles. The number of fused-ring (bicyclic) bond motifs is 1. The zero-order valence-electron chi connectivity index (χ0n) is 14.3. The molecule has 7 nitrogen and oxygen atoms in total. The van der Waals surface area contributed by atoms with Crippen LogP contribution in [0, 0.1) is 0 Å². The Balaban J connectivity index is 1.88. The lowest BCUT2D eigenvalue weighted by Crippen LogP contribution is -2.46. The predicted octanol–water partition coefficient (Wildman–Crippen LogP) is 3.36. The molecule has 2 unspecified atom stereocenters. The number of ether oxygens (including phenoxy) is 1. The van der Waals surface area contributed by atoms with Crippen molar-refractivity contribution in [1.29, 1.82) is 0 Å². The highest BCUT2D eigenvalue weighted by atomic mass is 35.5. The number of pyridine rings is 2. The Bertz CT molecular complexity index is 950. The molecule has 0 amide bonds. The van der Waals surface area contributed by atoms with Crippen LogP contribution in [0.4, 0.5) is 5.69 Å². The maximum absolute atomic E-state index is 11.8. The molecule has 0 saturated carbocycles. The highest BCUT2D eigenvalue weighted by Crippen LogP contribution is 2.39. The Hall–Kier alpha value is -2.51. The number of halogens is 1. The number of morpholine rings is 1. The summed E-state index contributed by atoms with van der Waals surface area (Å²) >= 11 is 6.62. The van der Waals surface area contributed by atoms with Gasteiger partial charge in [0.1, 0.15) is 21.9 Å². The molecule has 1 fully saturated rings. The van der Waals surface area contributed by atoms with Crippen molar-refractivity contribution in [3.63, 3.8) is 0 Å². The number of hydrogen-bond acceptors (Lipinski definition) is 7. The first-order chi connectivity index (χ1) is 12.6. The zero-order chi connectivity index (χ0) is 18.3. The molecule has 8 heteroatoms. The van der Waals surface area contributed by atoms with E-state index in [9.17, 15) is 4.79 Å². The van der Waals surface area contributed by atoms with Gasteiger partial charge in [-0.25, -0.2) is 4.98 Å². The molecule has 3 aromatic rings. The average Bonchev–Trinajstić information content (AvgIpc) is 3.05. The van der Waals surface area contributed by atoms with E-state index in [-0.39, 0.29) is 17.9 Å². The summed E-state index contributed by atoms with van der Waals surface area (Å²) in [7, 11) is 0. The van der Waals surface area contributed by atoms with Crippen LogP contribution in [0.3, 0.4) is 0 Å².